The predicted octanol–water partition coefficient (Wildman–Crippen LogP) is 1.35. The quantitative estimate of drug-likeness (QED) is 0.824. The zero-order valence-electron chi connectivity index (χ0n) is 10.2. The molecule has 3 N–H and O–H groups in total. The fraction of sp³-hybridized carbons (Fsp3) is 0.667. The maximum absolute atomic E-state index is 5.48. The third-order valence-corrected chi connectivity index (χ3v) is 3.12. The number of anilines is 2. The zero-order valence-corrected chi connectivity index (χ0v) is 10.2. The molecule has 0 bridgehead atoms. The van der Waals surface area contributed by atoms with Crippen molar-refractivity contribution in [3.8, 4) is 0 Å². The van der Waals surface area contributed by atoms with Gasteiger partial charge < -0.3 is 16.0 Å². The molecule has 2 rings (SSSR count). The number of aromatic nitrogens is 2. The summed E-state index contributed by atoms with van der Waals surface area (Å²) >= 11 is 0. The van der Waals surface area contributed by atoms with Gasteiger partial charge in [-0.05, 0) is 38.1 Å². The van der Waals surface area contributed by atoms with Crippen LogP contribution in [0.2, 0.25) is 0 Å². The average Bonchev–Trinajstić information content (AvgIpc) is 2.60. The molecule has 17 heavy (non-hydrogen) atoms. The van der Waals surface area contributed by atoms with E-state index in [-0.39, 0.29) is 0 Å². The van der Waals surface area contributed by atoms with Crippen molar-refractivity contribution in [3.63, 3.8) is 0 Å². The van der Waals surface area contributed by atoms with E-state index in [2.05, 4.69) is 20.4 Å². The van der Waals surface area contributed by atoms with Crippen LogP contribution in [-0.2, 0) is 0 Å². The zero-order chi connectivity index (χ0) is 11.9. The first-order valence-electron chi connectivity index (χ1n) is 6.40. The van der Waals surface area contributed by atoms with Gasteiger partial charge >= 0.3 is 0 Å². The number of likely N-dealkylation sites (tertiary alicyclic amines) is 1. The molecule has 1 aliphatic rings. The van der Waals surface area contributed by atoms with E-state index in [9.17, 15) is 0 Å². The molecule has 0 saturated carbocycles. The van der Waals surface area contributed by atoms with Gasteiger partial charge in [-0.2, -0.15) is 0 Å². The molecule has 0 aliphatic carbocycles. The topological polar surface area (TPSA) is 67.1 Å². The second-order valence-corrected chi connectivity index (χ2v) is 4.53. The summed E-state index contributed by atoms with van der Waals surface area (Å²) in [7, 11) is 0. The summed E-state index contributed by atoms with van der Waals surface area (Å²) in [6, 6.07) is 3.63. The van der Waals surface area contributed by atoms with Crippen molar-refractivity contribution in [2.75, 3.05) is 37.2 Å². The summed E-state index contributed by atoms with van der Waals surface area (Å²) in [6.45, 7) is 4.45. The van der Waals surface area contributed by atoms with Crippen molar-refractivity contribution < 1.29 is 0 Å². The molecule has 5 heteroatoms. The molecule has 0 atom stereocenters. The first kappa shape index (κ1) is 12.1. The summed E-state index contributed by atoms with van der Waals surface area (Å²) in [4.78, 5) is 2.52. The molecule has 0 radical (unpaired) electrons. The standard InChI is InChI=1S/C12H21N5/c13-11-5-6-12(16-15-11)14-7-10-17-8-3-1-2-4-9-17/h5-6H,1-4,7-10H2,(H2,13,15)(H,14,16). The SMILES string of the molecule is Nc1ccc(NCCN2CCCCCC2)nn1. The highest BCUT2D eigenvalue weighted by atomic mass is 15.2. The fourth-order valence-electron chi connectivity index (χ4n) is 2.14. The largest absolute Gasteiger partial charge is 0.382 e. The van der Waals surface area contributed by atoms with Crippen LogP contribution in [0.4, 0.5) is 11.6 Å². The van der Waals surface area contributed by atoms with Crippen molar-refractivity contribution in [1.29, 1.82) is 0 Å². The summed E-state index contributed by atoms with van der Waals surface area (Å²) in [6.07, 6.45) is 5.43. The molecule has 0 aromatic carbocycles. The first-order chi connectivity index (χ1) is 8.34. The number of nitrogens with zero attached hydrogens (tertiary/aromatic N) is 3. The Morgan fingerprint density at radius 1 is 1.12 bits per heavy atom. The van der Waals surface area contributed by atoms with Gasteiger partial charge in [-0.1, -0.05) is 12.8 Å². The van der Waals surface area contributed by atoms with E-state index in [1.165, 1.54) is 38.8 Å². The molecule has 2 heterocycles. The molecular weight excluding hydrogens is 214 g/mol. The highest BCUT2D eigenvalue weighted by Gasteiger charge is 2.07. The highest BCUT2D eigenvalue weighted by molar-refractivity contribution is 5.38. The number of rotatable bonds is 4. The molecule has 0 amide bonds. The maximum Gasteiger partial charge on any atom is 0.148 e. The Labute approximate surface area is 102 Å². The van der Waals surface area contributed by atoms with Crippen molar-refractivity contribution >= 4 is 11.6 Å². The van der Waals surface area contributed by atoms with Gasteiger partial charge in [0.25, 0.3) is 0 Å². The highest BCUT2D eigenvalue weighted by Crippen LogP contribution is 2.09. The van der Waals surface area contributed by atoms with Crippen LogP contribution in [0.15, 0.2) is 12.1 Å². The van der Waals surface area contributed by atoms with Crippen LogP contribution in [0.3, 0.4) is 0 Å². The second-order valence-electron chi connectivity index (χ2n) is 4.53. The monoisotopic (exact) mass is 235 g/mol. The van der Waals surface area contributed by atoms with Crippen molar-refractivity contribution in [2.24, 2.45) is 0 Å². The summed E-state index contributed by atoms with van der Waals surface area (Å²) in [5.41, 5.74) is 5.48. The molecule has 0 unspecified atom stereocenters. The Morgan fingerprint density at radius 2 is 1.88 bits per heavy atom. The normalized spacial score (nSPS) is 17.6. The maximum atomic E-state index is 5.48. The summed E-state index contributed by atoms with van der Waals surface area (Å²) < 4.78 is 0. The minimum Gasteiger partial charge on any atom is -0.382 e. The minimum absolute atomic E-state index is 0.461. The molecule has 1 aromatic rings. The van der Waals surface area contributed by atoms with Gasteiger partial charge in [-0.25, -0.2) is 0 Å². The molecule has 0 spiro atoms. The Bertz CT molecular complexity index is 316. The Morgan fingerprint density at radius 3 is 2.53 bits per heavy atom. The Hall–Kier alpha value is -1.36. The van der Waals surface area contributed by atoms with E-state index < -0.39 is 0 Å². The number of nitrogens with two attached hydrogens (primary N) is 1. The lowest BCUT2D eigenvalue weighted by atomic mass is 10.2. The van der Waals surface area contributed by atoms with E-state index in [4.69, 9.17) is 5.73 Å². The lowest BCUT2D eigenvalue weighted by Crippen LogP contribution is -2.30. The van der Waals surface area contributed by atoms with E-state index in [0.29, 0.717) is 5.82 Å². The van der Waals surface area contributed by atoms with Crippen LogP contribution in [0.5, 0.6) is 0 Å². The average molecular weight is 235 g/mol. The Balaban J connectivity index is 1.69. The number of nitrogen functional groups attached to an aromatic ring is 1. The number of hydrogen-bond acceptors (Lipinski definition) is 5. The molecule has 1 aromatic heterocycles. The van der Waals surface area contributed by atoms with Gasteiger partial charge in [-0.15, -0.1) is 10.2 Å². The van der Waals surface area contributed by atoms with Crippen molar-refractivity contribution in [1.82, 2.24) is 15.1 Å². The van der Waals surface area contributed by atoms with Gasteiger partial charge in [0.1, 0.15) is 11.6 Å². The lowest BCUT2D eigenvalue weighted by Gasteiger charge is -2.19. The molecule has 1 saturated heterocycles. The van der Waals surface area contributed by atoms with E-state index in [0.717, 1.165) is 18.9 Å². The van der Waals surface area contributed by atoms with Crippen LogP contribution >= 0.6 is 0 Å². The number of hydrogen-bond donors (Lipinski definition) is 2. The summed E-state index contributed by atoms with van der Waals surface area (Å²) in [5.74, 6) is 1.26. The van der Waals surface area contributed by atoms with Crippen molar-refractivity contribution in [2.45, 2.75) is 25.7 Å². The van der Waals surface area contributed by atoms with Gasteiger partial charge in [0.2, 0.25) is 0 Å². The van der Waals surface area contributed by atoms with Gasteiger partial charge in [0.05, 0.1) is 0 Å². The third-order valence-electron chi connectivity index (χ3n) is 3.12. The molecule has 1 fully saturated rings. The lowest BCUT2D eigenvalue weighted by molar-refractivity contribution is 0.296. The molecular formula is C12H21N5. The molecule has 1 aliphatic heterocycles. The third kappa shape index (κ3) is 4.19. The van der Waals surface area contributed by atoms with Crippen LogP contribution in [0.25, 0.3) is 0 Å². The van der Waals surface area contributed by atoms with Crippen LogP contribution in [0, 0.1) is 0 Å². The van der Waals surface area contributed by atoms with Gasteiger partial charge in [0.15, 0.2) is 0 Å². The van der Waals surface area contributed by atoms with Gasteiger partial charge in [0, 0.05) is 13.1 Å². The Kier molecular flexibility index (Phi) is 4.55. The first-order valence-corrected chi connectivity index (χ1v) is 6.40. The van der Waals surface area contributed by atoms with Crippen molar-refractivity contribution in [3.05, 3.63) is 12.1 Å². The van der Waals surface area contributed by atoms with Crippen LogP contribution in [0.1, 0.15) is 25.7 Å². The number of nitrogens with one attached hydrogen (secondary N) is 1. The second kappa shape index (κ2) is 6.39. The van der Waals surface area contributed by atoms with E-state index in [1.54, 1.807) is 6.07 Å². The smallest absolute Gasteiger partial charge is 0.148 e. The molecule has 94 valence electrons. The van der Waals surface area contributed by atoms with E-state index >= 15 is 0 Å². The van der Waals surface area contributed by atoms with Crippen LogP contribution < -0.4 is 11.1 Å². The van der Waals surface area contributed by atoms with E-state index in [1.807, 2.05) is 6.07 Å². The van der Waals surface area contributed by atoms with Crippen LogP contribution in [-0.4, -0.2) is 41.3 Å². The molecule has 5 nitrogen and oxygen atoms in total. The van der Waals surface area contributed by atoms with Gasteiger partial charge in [-0.3, -0.25) is 0 Å². The predicted molar refractivity (Wildman–Crippen MR) is 69.8 cm³/mol. The fourth-order valence-corrected chi connectivity index (χ4v) is 2.14. The summed E-state index contributed by atoms with van der Waals surface area (Å²) in [5, 5.41) is 11.1. The minimum atomic E-state index is 0.461.